The first-order valence-corrected chi connectivity index (χ1v) is 8.01. The van der Waals surface area contributed by atoms with Gasteiger partial charge >= 0.3 is 0 Å². The molecule has 1 aliphatic rings. The van der Waals surface area contributed by atoms with Gasteiger partial charge in [-0.1, -0.05) is 6.92 Å². The van der Waals surface area contributed by atoms with Crippen LogP contribution in [0.3, 0.4) is 0 Å². The molecule has 0 bridgehead atoms. The van der Waals surface area contributed by atoms with Gasteiger partial charge in [-0.25, -0.2) is 0 Å². The molecule has 1 aromatic heterocycles. The predicted octanol–water partition coefficient (Wildman–Crippen LogP) is 3.07. The number of hydrogen-bond acceptors (Lipinski definition) is 3. The molecule has 0 N–H and O–H groups in total. The van der Waals surface area contributed by atoms with E-state index in [4.69, 9.17) is 4.74 Å². The number of ether oxygens (including phenoxy) is 1. The van der Waals surface area contributed by atoms with E-state index in [1.165, 1.54) is 6.42 Å². The monoisotopic (exact) mass is 290 g/mol. The minimum absolute atomic E-state index is 0.161. The topological polar surface area (TPSA) is 42.4 Å². The molecule has 1 atom stereocenters. The van der Waals surface area contributed by atoms with E-state index in [-0.39, 0.29) is 5.91 Å². The summed E-state index contributed by atoms with van der Waals surface area (Å²) in [6, 6.07) is 4.13. The van der Waals surface area contributed by atoms with E-state index in [1.807, 2.05) is 12.1 Å². The zero-order valence-corrected chi connectivity index (χ0v) is 13.2. The highest BCUT2D eigenvalue weighted by atomic mass is 16.5. The second-order valence-electron chi connectivity index (χ2n) is 5.67. The Balaban J connectivity index is 2.06. The number of hydrogen-bond donors (Lipinski definition) is 0. The van der Waals surface area contributed by atoms with Gasteiger partial charge in [0.1, 0.15) is 0 Å². The fraction of sp³-hybridized carbons (Fsp3) is 0.647. The highest BCUT2D eigenvalue weighted by Gasteiger charge is 2.27. The average molecular weight is 290 g/mol. The van der Waals surface area contributed by atoms with E-state index in [1.54, 1.807) is 13.3 Å². The van der Waals surface area contributed by atoms with E-state index < -0.39 is 0 Å². The van der Waals surface area contributed by atoms with Crippen molar-refractivity contribution in [2.75, 3.05) is 20.3 Å². The Bertz CT molecular complexity index is 462. The van der Waals surface area contributed by atoms with Crippen LogP contribution in [0.2, 0.25) is 0 Å². The van der Waals surface area contributed by atoms with Crippen molar-refractivity contribution in [3.8, 4) is 0 Å². The van der Waals surface area contributed by atoms with Crippen LogP contribution in [0.25, 0.3) is 0 Å². The zero-order valence-electron chi connectivity index (χ0n) is 13.2. The van der Waals surface area contributed by atoms with E-state index in [0.717, 1.165) is 56.5 Å². The molecule has 1 saturated heterocycles. The molecule has 2 rings (SSSR count). The Labute approximate surface area is 127 Å². The zero-order chi connectivity index (χ0) is 15.1. The number of likely N-dealkylation sites (tertiary alicyclic amines) is 1. The first kappa shape index (κ1) is 16.0. The molecule has 0 radical (unpaired) electrons. The molecule has 2 heterocycles. The molecule has 4 heteroatoms. The van der Waals surface area contributed by atoms with Gasteiger partial charge in [-0.05, 0) is 50.7 Å². The van der Waals surface area contributed by atoms with Crippen LogP contribution in [0, 0.1) is 0 Å². The maximum atomic E-state index is 12.8. The summed E-state index contributed by atoms with van der Waals surface area (Å²) in [5, 5.41) is 0. The molecule has 21 heavy (non-hydrogen) atoms. The van der Waals surface area contributed by atoms with Crippen LogP contribution in [-0.4, -0.2) is 42.1 Å². The number of aromatic nitrogens is 1. The molecule has 0 saturated carbocycles. The van der Waals surface area contributed by atoms with Crippen LogP contribution < -0.4 is 0 Å². The van der Waals surface area contributed by atoms with Crippen LogP contribution >= 0.6 is 0 Å². The molecule has 0 spiro atoms. The molecule has 0 aromatic carbocycles. The van der Waals surface area contributed by atoms with Gasteiger partial charge in [0.15, 0.2) is 0 Å². The third kappa shape index (κ3) is 4.27. The lowest BCUT2D eigenvalue weighted by Gasteiger charge is -2.36. The minimum atomic E-state index is 0.161. The van der Waals surface area contributed by atoms with Crippen molar-refractivity contribution in [3.63, 3.8) is 0 Å². The van der Waals surface area contributed by atoms with Crippen LogP contribution in [0.15, 0.2) is 18.3 Å². The number of nitrogens with zero attached hydrogens (tertiary/aromatic N) is 2. The summed E-state index contributed by atoms with van der Waals surface area (Å²) in [6.45, 7) is 3.71. The summed E-state index contributed by atoms with van der Waals surface area (Å²) in [5.74, 6) is 0.161. The lowest BCUT2D eigenvalue weighted by molar-refractivity contribution is 0.0585. The number of carbonyl (C=O) groups excluding carboxylic acids is 1. The largest absolute Gasteiger partial charge is 0.385 e. The van der Waals surface area contributed by atoms with Crippen molar-refractivity contribution < 1.29 is 9.53 Å². The molecule has 1 unspecified atom stereocenters. The molecule has 1 aliphatic heterocycles. The third-order valence-corrected chi connectivity index (χ3v) is 4.20. The molecule has 1 amide bonds. The minimum Gasteiger partial charge on any atom is -0.385 e. The summed E-state index contributed by atoms with van der Waals surface area (Å²) in [4.78, 5) is 19.1. The number of methoxy groups -OCH3 is 1. The Kier molecular flexibility index (Phi) is 6.18. The van der Waals surface area contributed by atoms with Gasteiger partial charge in [-0.2, -0.15) is 0 Å². The molecular formula is C17H26N2O2. The van der Waals surface area contributed by atoms with E-state index in [9.17, 15) is 4.79 Å². The van der Waals surface area contributed by atoms with Crippen LogP contribution in [0.5, 0.6) is 0 Å². The van der Waals surface area contributed by atoms with Gasteiger partial charge < -0.3 is 9.64 Å². The van der Waals surface area contributed by atoms with Crippen molar-refractivity contribution in [1.82, 2.24) is 9.88 Å². The van der Waals surface area contributed by atoms with Crippen molar-refractivity contribution in [2.24, 2.45) is 0 Å². The Morgan fingerprint density at radius 2 is 2.33 bits per heavy atom. The molecular weight excluding hydrogens is 264 g/mol. The van der Waals surface area contributed by atoms with Crippen molar-refractivity contribution in [2.45, 2.75) is 51.5 Å². The number of carbonyl (C=O) groups is 1. The average Bonchev–Trinajstić information content (AvgIpc) is 2.55. The molecule has 116 valence electrons. The molecule has 4 nitrogen and oxygen atoms in total. The third-order valence-electron chi connectivity index (χ3n) is 4.20. The summed E-state index contributed by atoms with van der Waals surface area (Å²) >= 11 is 0. The number of pyridine rings is 1. The van der Waals surface area contributed by atoms with E-state index >= 15 is 0 Å². The van der Waals surface area contributed by atoms with Crippen molar-refractivity contribution in [1.29, 1.82) is 0 Å². The SMILES string of the molecule is CCc1cc(C(=O)N2CCCCC2CCCOC)ccn1. The smallest absolute Gasteiger partial charge is 0.254 e. The van der Waals surface area contributed by atoms with Gasteiger partial charge in [-0.15, -0.1) is 0 Å². The van der Waals surface area contributed by atoms with Gasteiger partial charge in [0.05, 0.1) is 0 Å². The lowest BCUT2D eigenvalue weighted by Crippen LogP contribution is -2.43. The summed E-state index contributed by atoms with van der Waals surface area (Å²) in [7, 11) is 1.73. The van der Waals surface area contributed by atoms with Gasteiger partial charge in [0.25, 0.3) is 5.91 Å². The second-order valence-corrected chi connectivity index (χ2v) is 5.67. The molecule has 0 aliphatic carbocycles. The normalized spacial score (nSPS) is 18.8. The second kappa shape index (κ2) is 8.13. The van der Waals surface area contributed by atoms with E-state index in [0.29, 0.717) is 6.04 Å². The Hall–Kier alpha value is -1.42. The maximum Gasteiger partial charge on any atom is 0.254 e. The predicted molar refractivity (Wildman–Crippen MR) is 83.4 cm³/mol. The van der Waals surface area contributed by atoms with Crippen LogP contribution in [-0.2, 0) is 11.2 Å². The summed E-state index contributed by atoms with van der Waals surface area (Å²) in [6.07, 6.45) is 8.10. The quantitative estimate of drug-likeness (QED) is 0.756. The first-order chi connectivity index (χ1) is 10.3. The van der Waals surface area contributed by atoms with Crippen molar-refractivity contribution in [3.05, 3.63) is 29.6 Å². The van der Waals surface area contributed by atoms with Crippen LogP contribution in [0.1, 0.15) is 55.1 Å². The Morgan fingerprint density at radius 1 is 1.48 bits per heavy atom. The number of piperidine rings is 1. The summed E-state index contributed by atoms with van der Waals surface area (Å²) in [5.41, 5.74) is 1.76. The van der Waals surface area contributed by atoms with Crippen LogP contribution in [0.4, 0.5) is 0 Å². The fourth-order valence-electron chi connectivity index (χ4n) is 3.00. The number of amides is 1. The Morgan fingerprint density at radius 3 is 3.10 bits per heavy atom. The maximum absolute atomic E-state index is 12.8. The first-order valence-electron chi connectivity index (χ1n) is 8.01. The fourth-order valence-corrected chi connectivity index (χ4v) is 3.00. The van der Waals surface area contributed by atoms with Gasteiger partial charge in [0, 0.05) is 43.8 Å². The van der Waals surface area contributed by atoms with Gasteiger partial charge in [-0.3, -0.25) is 9.78 Å². The lowest BCUT2D eigenvalue weighted by atomic mass is 9.97. The number of aryl methyl sites for hydroxylation is 1. The number of rotatable bonds is 6. The van der Waals surface area contributed by atoms with Gasteiger partial charge in [0.2, 0.25) is 0 Å². The van der Waals surface area contributed by atoms with Crippen molar-refractivity contribution >= 4 is 5.91 Å². The highest BCUT2D eigenvalue weighted by molar-refractivity contribution is 5.94. The summed E-state index contributed by atoms with van der Waals surface area (Å²) < 4.78 is 5.13. The molecule has 1 aromatic rings. The standard InChI is InChI=1S/C17H26N2O2/c1-3-15-13-14(9-10-18-15)17(20)19-11-5-4-7-16(19)8-6-12-21-2/h9-10,13,16H,3-8,11-12H2,1-2H3. The van der Waals surface area contributed by atoms with E-state index in [2.05, 4.69) is 16.8 Å². The highest BCUT2D eigenvalue weighted by Crippen LogP contribution is 2.23. The molecule has 1 fully saturated rings.